The zero-order chi connectivity index (χ0) is 19.9. The SMILES string of the molecule is Cc1cc(NC(=O)c2csc(-c3ccc(Cl)cc3)n2)n(C2CCS(=O)(=O)C2)n1. The van der Waals surface area contributed by atoms with E-state index in [1.165, 1.54) is 11.3 Å². The molecule has 3 aromatic rings. The van der Waals surface area contributed by atoms with Gasteiger partial charge in [-0.3, -0.25) is 4.79 Å². The third-order valence-electron chi connectivity index (χ3n) is 4.48. The molecule has 1 N–H and O–H groups in total. The van der Waals surface area contributed by atoms with Crippen molar-refractivity contribution in [1.29, 1.82) is 0 Å². The van der Waals surface area contributed by atoms with Crippen molar-refractivity contribution < 1.29 is 13.2 Å². The summed E-state index contributed by atoms with van der Waals surface area (Å²) in [7, 11) is -3.06. The molecule has 28 heavy (non-hydrogen) atoms. The summed E-state index contributed by atoms with van der Waals surface area (Å²) >= 11 is 7.27. The molecule has 4 rings (SSSR count). The van der Waals surface area contributed by atoms with Gasteiger partial charge in [-0.1, -0.05) is 23.7 Å². The summed E-state index contributed by atoms with van der Waals surface area (Å²) in [5.74, 6) is 0.290. The molecule has 7 nitrogen and oxygen atoms in total. The lowest BCUT2D eigenvalue weighted by Gasteiger charge is -2.13. The Morgan fingerprint density at radius 2 is 2.07 bits per heavy atom. The van der Waals surface area contributed by atoms with Gasteiger partial charge < -0.3 is 5.32 Å². The Morgan fingerprint density at radius 3 is 2.75 bits per heavy atom. The van der Waals surface area contributed by atoms with Crippen LogP contribution < -0.4 is 5.32 Å². The molecule has 1 fully saturated rings. The van der Waals surface area contributed by atoms with Crippen molar-refractivity contribution in [3.8, 4) is 10.6 Å². The number of hydrogen-bond acceptors (Lipinski definition) is 6. The van der Waals surface area contributed by atoms with Crippen molar-refractivity contribution in [1.82, 2.24) is 14.8 Å². The Hall–Kier alpha value is -2.23. The molecule has 1 atom stereocenters. The first-order valence-corrected chi connectivity index (χ1v) is 11.7. The number of benzene rings is 1. The summed E-state index contributed by atoms with van der Waals surface area (Å²) in [5.41, 5.74) is 1.88. The predicted molar refractivity (Wildman–Crippen MR) is 110 cm³/mol. The minimum absolute atomic E-state index is 0.0361. The third-order valence-corrected chi connectivity index (χ3v) is 7.38. The van der Waals surface area contributed by atoms with E-state index in [0.29, 0.717) is 33.7 Å². The standard InChI is InChI=1S/C18H17ClN4O3S2/c1-11-8-16(23(22-11)14-6-7-28(25,26)10-14)21-17(24)15-9-27-18(20-15)12-2-4-13(19)5-3-12/h2-5,8-9,14H,6-7,10H2,1H3,(H,21,24). The van der Waals surface area contributed by atoms with Crippen LogP contribution in [-0.2, 0) is 9.84 Å². The van der Waals surface area contributed by atoms with E-state index in [0.717, 1.165) is 5.56 Å². The summed E-state index contributed by atoms with van der Waals surface area (Å²) in [5, 5.41) is 10.2. The van der Waals surface area contributed by atoms with Crippen LogP contribution >= 0.6 is 22.9 Å². The largest absolute Gasteiger partial charge is 0.305 e. The molecule has 0 aliphatic carbocycles. The average molecular weight is 437 g/mol. The highest BCUT2D eigenvalue weighted by atomic mass is 35.5. The maximum absolute atomic E-state index is 12.7. The van der Waals surface area contributed by atoms with Crippen LogP contribution in [0.4, 0.5) is 5.82 Å². The topological polar surface area (TPSA) is 94.0 Å². The maximum atomic E-state index is 12.7. The van der Waals surface area contributed by atoms with Gasteiger partial charge in [0.1, 0.15) is 16.5 Å². The van der Waals surface area contributed by atoms with Gasteiger partial charge in [-0.15, -0.1) is 11.3 Å². The van der Waals surface area contributed by atoms with E-state index in [1.54, 1.807) is 35.2 Å². The zero-order valence-electron chi connectivity index (χ0n) is 14.9. The number of amides is 1. The molecule has 1 aromatic carbocycles. The number of hydrogen-bond donors (Lipinski definition) is 1. The van der Waals surface area contributed by atoms with E-state index in [4.69, 9.17) is 11.6 Å². The smallest absolute Gasteiger partial charge is 0.276 e. The van der Waals surface area contributed by atoms with Crippen LogP contribution in [0, 0.1) is 6.92 Å². The highest BCUT2D eigenvalue weighted by molar-refractivity contribution is 7.91. The van der Waals surface area contributed by atoms with Gasteiger partial charge in [-0.25, -0.2) is 18.1 Å². The number of anilines is 1. The molecule has 0 spiro atoms. The number of carbonyl (C=O) groups excluding carboxylic acids is 1. The predicted octanol–water partition coefficient (Wildman–Crippen LogP) is 3.58. The van der Waals surface area contributed by atoms with Crippen molar-refractivity contribution in [3.63, 3.8) is 0 Å². The zero-order valence-corrected chi connectivity index (χ0v) is 17.3. The summed E-state index contributed by atoms with van der Waals surface area (Å²) in [6.45, 7) is 1.80. The molecule has 0 saturated carbocycles. The number of aromatic nitrogens is 3. The van der Waals surface area contributed by atoms with Gasteiger partial charge in [-0.2, -0.15) is 5.10 Å². The van der Waals surface area contributed by atoms with Crippen LogP contribution in [0.2, 0.25) is 5.02 Å². The summed E-state index contributed by atoms with van der Waals surface area (Å²) in [6.07, 6.45) is 0.490. The minimum Gasteiger partial charge on any atom is -0.305 e. The summed E-state index contributed by atoms with van der Waals surface area (Å²) < 4.78 is 25.2. The normalized spacial score (nSPS) is 18.3. The first-order valence-electron chi connectivity index (χ1n) is 8.60. The molecular weight excluding hydrogens is 420 g/mol. The molecule has 10 heteroatoms. The molecule has 0 radical (unpaired) electrons. The molecule has 1 unspecified atom stereocenters. The lowest BCUT2D eigenvalue weighted by Crippen LogP contribution is -2.19. The Kier molecular flexibility index (Phi) is 4.98. The average Bonchev–Trinajstić information content (AvgIpc) is 3.34. The third kappa shape index (κ3) is 3.96. The highest BCUT2D eigenvalue weighted by Gasteiger charge is 2.31. The van der Waals surface area contributed by atoms with E-state index in [1.807, 2.05) is 12.1 Å². The fraction of sp³-hybridized carbons (Fsp3) is 0.278. The van der Waals surface area contributed by atoms with Crippen molar-refractivity contribution in [2.75, 3.05) is 16.8 Å². The van der Waals surface area contributed by atoms with E-state index in [2.05, 4.69) is 15.4 Å². The van der Waals surface area contributed by atoms with Gasteiger partial charge in [0.25, 0.3) is 5.91 Å². The Morgan fingerprint density at radius 1 is 1.32 bits per heavy atom. The van der Waals surface area contributed by atoms with Crippen LogP contribution in [-0.4, -0.2) is 40.6 Å². The number of nitrogens with one attached hydrogen (secondary N) is 1. The van der Waals surface area contributed by atoms with Crippen molar-refractivity contribution in [2.45, 2.75) is 19.4 Å². The molecule has 1 aliphatic heterocycles. The lowest BCUT2D eigenvalue weighted by molar-refractivity contribution is 0.102. The number of nitrogens with zero attached hydrogens (tertiary/aromatic N) is 3. The summed E-state index contributed by atoms with van der Waals surface area (Å²) in [6, 6.07) is 8.71. The van der Waals surface area contributed by atoms with Crippen molar-refractivity contribution in [2.24, 2.45) is 0 Å². The van der Waals surface area contributed by atoms with Crippen molar-refractivity contribution >= 4 is 44.5 Å². The second-order valence-corrected chi connectivity index (χ2v) is 10.2. The van der Waals surface area contributed by atoms with Crippen LogP contribution in [0.5, 0.6) is 0 Å². The fourth-order valence-corrected chi connectivity index (χ4v) is 5.76. The van der Waals surface area contributed by atoms with Crippen molar-refractivity contribution in [3.05, 3.63) is 52.1 Å². The molecule has 1 aliphatic rings. The van der Waals surface area contributed by atoms with E-state index >= 15 is 0 Å². The van der Waals surface area contributed by atoms with Crippen LogP contribution in [0.3, 0.4) is 0 Å². The number of halogens is 1. The number of aryl methyl sites for hydroxylation is 1. The second kappa shape index (κ2) is 7.31. The molecule has 0 bridgehead atoms. The monoisotopic (exact) mass is 436 g/mol. The van der Waals surface area contributed by atoms with Gasteiger partial charge >= 0.3 is 0 Å². The quantitative estimate of drug-likeness (QED) is 0.674. The molecular formula is C18H17ClN4O3S2. The molecule has 146 valence electrons. The molecule has 1 amide bonds. The number of rotatable bonds is 4. The van der Waals surface area contributed by atoms with E-state index in [9.17, 15) is 13.2 Å². The number of sulfone groups is 1. The number of carbonyl (C=O) groups is 1. The van der Waals surface area contributed by atoms with Gasteiger partial charge in [0, 0.05) is 22.0 Å². The Balaban J connectivity index is 1.54. The molecule has 2 aromatic heterocycles. The van der Waals surface area contributed by atoms with Crippen LogP contribution in [0.1, 0.15) is 28.6 Å². The number of thiazole rings is 1. The Labute approximate surface area is 171 Å². The molecule has 1 saturated heterocycles. The highest BCUT2D eigenvalue weighted by Crippen LogP contribution is 2.28. The van der Waals surface area contributed by atoms with E-state index in [-0.39, 0.29) is 23.5 Å². The first-order chi connectivity index (χ1) is 13.3. The second-order valence-electron chi connectivity index (χ2n) is 6.67. The van der Waals surface area contributed by atoms with Crippen LogP contribution in [0.15, 0.2) is 35.7 Å². The molecule has 3 heterocycles. The van der Waals surface area contributed by atoms with Gasteiger partial charge in [0.2, 0.25) is 0 Å². The van der Waals surface area contributed by atoms with Gasteiger partial charge in [-0.05, 0) is 25.5 Å². The first kappa shape index (κ1) is 19.1. The van der Waals surface area contributed by atoms with Crippen LogP contribution in [0.25, 0.3) is 10.6 Å². The Bertz CT molecular complexity index is 1140. The van der Waals surface area contributed by atoms with Gasteiger partial charge in [0.15, 0.2) is 9.84 Å². The van der Waals surface area contributed by atoms with E-state index < -0.39 is 9.84 Å². The maximum Gasteiger partial charge on any atom is 0.276 e. The summed E-state index contributed by atoms with van der Waals surface area (Å²) in [4.78, 5) is 17.1. The fourth-order valence-electron chi connectivity index (χ4n) is 3.14. The minimum atomic E-state index is -3.06. The lowest BCUT2D eigenvalue weighted by atomic mass is 10.2. The van der Waals surface area contributed by atoms with Gasteiger partial charge in [0.05, 0.1) is 23.2 Å².